The monoisotopic (exact) mass is 286 g/mol. The normalized spacial score (nSPS) is 18.2. The molecule has 112 valence electrons. The molecule has 0 bridgehead atoms. The van der Waals surface area contributed by atoms with Crippen LogP contribution >= 0.6 is 0 Å². The van der Waals surface area contributed by atoms with Crippen LogP contribution in [0.5, 0.6) is 0 Å². The zero-order valence-corrected chi connectivity index (χ0v) is 10.9. The summed E-state index contributed by atoms with van der Waals surface area (Å²) in [4.78, 5) is 45.9. The van der Waals surface area contributed by atoms with Crippen LogP contribution in [0, 0.1) is 0 Å². The molecule has 1 fully saturated rings. The van der Waals surface area contributed by atoms with E-state index in [-0.39, 0.29) is 6.54 Å². The first-order valence-electron chi connectivity index (χ1n) is 6.24. The summed E-state index contributed by atoms with van der Waals surface area (Å²) >= 11 is 0. The Morgan fingerprint density at radius 1 is 1.15 bits per heavy atom. The molecule has 20 heavy (non-hydrogen) atoms. The van der Waals surface area contributed by atoms with Crippen molar-refractivity contribution in [3.63, 3.8) is 0 Å². The van der Waals surface area contributed by atoms with Gasteiger partial charge in [-0.05, 0) is 19.3 Å². The van der Waals surface area contributed by atoms with Gasteiger partial charge >= 0.3 is 12.0 Å². The van der Waals surface area contributed by atoms with Gasteiger partial charge in [-0.2, -0.15) is 0 Å². The fraction of sp³-hybridized carbons (Fsp3) is 0.636. The summed E-state index contributed by atoms with van der Waals surface area (Å²) in [6, 6.07) is -1.22. The minimum atomic E-state index is -1.17. The van der Waals surface area contributed by atoms with Crippen LogP contribution in [0.25, 0.3) is 0 Å². The van der Waals surface area contributed by atoms with Crippen molar-refractivity contribution in [3.05, 3.63) is 0 Å². The molecule has 1 rings (SSSR count). The number of aliphatic carboxylic acids is 1. The van der Waals surface area contributed by atoms with E-state index in [1.54, 1.807) is 0 Å². The van der Waals surface area contributed by atoms with Gasteiger partial charge in [0.15, 0.2) is 0 Å². The second kappa shape index (κ2) is 7.31. The van der Waals surface area contributed by atoms with E-state index in [1.165, 1.54) is 4.90 Å². The molecule has 9 nitrogen and oxygen atoms in total. The second-order valence-corrected chi connectivity index (χ2v) is 4.44. The number of nitrogens with one attached hydrogen (secondary N) is 2. The first-order valence-corrected chi connectivity index (χ1v) is 6.24. The molecule has 0 spiro atoms. The Morgan fingerprint density at radius 2 is 1.85 bits per heavy atom. The molecule has 5 N–H and O–H groups in total. The molecule has 0 radical (unpaired) electrons. The lowest BCUT2D eigenvalue weighted by Gasteiger charge is -2.33. The van der Waals surface area contributed by atoms with Crippen molar-refractivity contribution in [3.8, 4) is 0 Å². The van der Waals surface area contributed by atoms with Crippen molar-refractivity contribution < 1.29 is 24.3 Å². The number of carbonyl (C=O) groups excluding carboxylic acids is 3. The standard InChI is InChI=1S/C11H18N4O5/c12-10(19)7-3-1-2-4-15(7)11(20)14-5-8(16)13-6-9(17)18/h7H,1-6H2,(H2,12,19)(H,13,16)(H,14,20)(H,17,18). The van der Waals surface area contributed by atoms with Gasteiger partial charge in [0, 0.05) is 6.54 Å². The highest BCUT2D eigenvalue weighted by molar-refractivity contribution is 5.89. The number of piperidine rings is 1. The number of nitrogens with two attached hydrogens (primary N) is 1. The van der Waals surface area contributed by atoms with E-state index in [9.17, 15) is 19.2 Å². The summed E-state index contributed by atoms with van der Waals surface area (Å²) in [5, 5.41) is 12.8. The molecular weight excluding hydrogens is 268 g/mol. The molecule has 0 aliphatic carbocycles. The van der Waals surface area contributed by atoms with E-state index >= 15 is 0 Å². The zero-order valence-electron chi connectivity index (χ0n) is 10.9. The van der Waals surface area contributed by atoms with E-state index in [4.69, 9.17) is 10.8 Å². The highest BCUT2D eigenvalue weighted by Gasteiger charge is 2.30. The minimum Gasteiger partial charge on any atom is -0.480 e. The smallest absolute Gasteiger partial charge is 0.322 e. The summed E-state index contributed by atoms with van der Waals surface area (Å²) in [5.41, 5.74) is 5.23. The van der Waals surface area contributed by atoms with Crippen LogP contribution in [0.2, 0.25) is 0 Å². The van der Waals surface area contributed by atoms with Gasteiger partial charge in [-0.25, -0.2) is 4.79 Å². The second-order valence-electron chi connectivity index (χ2n) is 4.44. The maximum atomic E-state index is 11.9. The SMILES string of the molecule is NC(=O)C1CCCCN1C(=O)NCC(=O)NCC(=O)O. The Morgan fingerprint density at radius 3 is 2.45 bits per heavy atom. The van der Waals surface area contributed by atoms with Gasteiger partial charge in [0.25, 0.3) is 0 Å². The molecule has 1 saturated heterocycles. The van der Waals surface area contributed by atoms with Gasteiger partial charge in [0.05, 0.1) is 6.54 Å². The molecule has 1 aliphatic rings. The Kier molecular flexibility index (Phi) is 5.75. The first kappa shape index (κ1) is 15.7. The topological polar surface area (TPSA) is 142 Å². The van der Waals surface area contributed by atoms with E-state index < -0.39 is 36.4 Å². The molecule has 0 aromatic rings. The molecule has 9 heteroatoms. The summed E-state index contributed by atoms with van der Waals surface area (Å²) in [6.07, 6.45) is 2.09. The summed E-state index contributed by atoms with van der Waals surface area (Å²) in [5.74, 6) is -2.36. The number of carboxylic acid groups (broad SMARTS) is 1. The van der Waals surface area contributed by atoms with Crippen molar-refractivity contribution in [2.24, 2.45) is 5.73 Å². The fourth-order valence-corrected chi connectivity index (χ4v) is 1.96. The predicted octanol–water partition coefficient (Wildman–Crippen LogP) is -1.76. The molecule has 0 saturated carbocycles. The fourth-order valence-electron chi connectivity index (χ4n) is 1.96. The van der Waals surface area contributed by atoms with Crippen molar-refractivity contribution in [1.82, 2.24) is 15.5 Å². The minimum absolute atomic E-state index is 0.353. The molecule has 4 amide bonds. The Labute approximate surface area is 115 Å². The third kappa shape index (κ3) is 4.75. The van der Waals surface area contributed by atoms with E-state index in [2.05, 4.69) is 10.6 Å². The van der Waals surface area contributed by atoms with Crippen LogP contribution in [0.1, 0.15) is 19.3 Å². The number of hydrogen-bond donors (Lipinski definition) is 4. The zero-order chi connectivity index (χ0) is 15.1. The molecule has 1 atom stereocenters. The van der Waals surface area contributed by atoms with E-state index in [1.807, 2.05) is 0 Å². The average molecular weight is 286 g/mol. The summed E-state index contributed by atoms with van der Waals surface area (Å²) in [6.45, 7) is -0.466. The van der Waals surface area contributed by atoms with Gasteiger partial charge in [-0.15, -0.1) is 0 Å². The third-order valence-corrected chi connectivity index (χ3v) is 2.93. The lowest BCUT2D eigenvalue weighted by atomic mass is 10.0. The van der Waals surface area contributed by atoms with Crippen LogP contribution in [0.4, 0.5) is 4.79 Å². The van der Waals surface area contributed by atoms with E-state index in [0.29, 0.717) is 13.0 Å². The van der Waals surface area contributed by atoms with Crippen LogP contribution in [-0.4, -0.2) is 59.5 Å². The molecule has 0 aromatic heterocycles. The van der Waals surface area contributed by atoms with Gasteiger partial charge < -0.3 is 26.4 Å². The Balaban J connectivity index is 2.42. The third-order valence-electron chi connectivity index (χ3n) is 2.93. The lowest BCUT2D eigenvalue weighted by Crippen LogP contribution is -2.54. The highest BCUT2D eigenvalue weighted by atomic mass is 16.4. The van der Waals surface area contributed by atoms with Crippen LogP contribution in [0.15, 0.2) is 0 Å². The Hall–Kier alpha value is -2.32. The number of urea groups is 1. The molecule has 1 unspecified atom stereocenters. The van der Waals surface area contributed by atoms with Gasteiger partial charge in [-0.1, -0.05) is 0 Å². The number of primary amides is 1. The average Bonchev–Trinajstić information content (AvgIpc) is 2.42. The first-order chi connectivity index (χ1) is 9.41. The van der Waals surface area contributed by atoms with Crippen LogP contribution in [0.3, 0.4) is 0 Å². The van der Waals surface area contributed by atoms with E-state index in [0.717, 1.165) is 12.8 Å². The van der Waals surface area contributed by atoms with Crippen molar-refractivity contribution >= 4 is 23.8 Å². The summed E-state index contributed by atoms with van der Waals surface area (Å²) in [7, 11) is 0. The van der Waals surface area contributed by atoms with Gasteiger partial charge in [0.2, 0.25) is 11.8 Å². The number of amides is 4. The number of likely N-dealkylation sites (tertiary alicyclic amines) is 1. The number of hydrogen-bond acceptors (Lipinski definition) is 4. The van der Waals surface area contributed by atoms with Crippen molar-refractivity contribution in [1.29, 1.82) is 0 Å². The molecule has 1 aliphatic heterocycles. The van der Waals surface area contributed by atoms with Crippen molar-refractivity contribution in [2.45, 2.75) is 25.3 Å². The number of carboxylic acids is 1. The summed E-state index contributed by atoms with van der Waals surface area (Å²) < 4.78 is 0. The number of carbonyl (C=O) groups is 4. The van der Waals surface area contributed by atoms with Crippen molar-refractivity contribution in [2.75, 3.05) is 19.6 Å². The highest BCUT2D eigenvalue weighted by Crippen LogP contribution is 2.16. The Bertz CT molecular complexity index is 412. The lowest BCUT2D eigenvalue weighted by molar-refractivity contribution is -0.137. The maximum absolute atomic E-state index is 11.9. The number of nitrogens with zero attached hydrogens (tertiary/aromatic N) is 1. The maximum Gasteiger partial charge on any atom is 0.322 e. The van der Waals surface area contributed by atoms with Crippen LogP contribution < -0.4 is 16.4 Å². The molecular formula is C11H18N4O5. The molecule has 0 aromatic carbocycles. The number of rotatable bonds is 5. The largest absolute Gasteiger partial charge is 0.480 e. The van der Waals surface area contributed by atoms with Gasteiger partial charge in [0.1, 0.15) is 12.6 Å². The quantitative estimate of drug-likeness (QED) is 0.473. The molecule has 1 heterocycles. The predicted molar refractivity (Wildman–Crippen MR) is 67.6 cm³/mol. The van der Waals surface area contributed by atoms with Gasteiger partial charge in [-0.3, -0.25) is 14.4 Å². The van der Waals surface area contributed by atoms with Crippen LogP contribution in [-0.2, 0) is 14.4 Å².